The molecule has 0 bridgehead atoms. The third-order valence-electron chi connectivity index (χ3n) is 3.21. The van der Waals surface area contributed by atoms with Crippen LogP contribution in [0.4, 0.5) is 5.69 Å². The molecule has 18 heavy (non-hydrogen) atoms. The van der Waals surface area contributed by atoms with E-state index in [1.54, 1.807) is 0 Å². The van der Waals surface area contributed by atoms with Crippen molar-refractivity contribution in [3.63, 3.8) is 0 Å². The van der Waals surface area contributed by atoms with Gasteiger partial charge in [0.05, 0.1) is 6.54 Å². The molecule has 1 aromatic rings. The van der Waals surface area contributed by atoms with Crippen molar-refractivity contribution >= 4 is 11.6 Å². The van der Waals surface area contributed by atoms with Crippen LogP contribution in [0.3, 0.4) is 0 Å². The average molecular weight is 248 g/mol. The van der Waals surface area contributed by atoms with Gasteiger partial charge in [0.1, 0.15) is 0 Å². The highest BCUT2D eigenvalue weighted by Crippen LogP contribution is 2.15. The SMILES string of the molecule is Cc1ccc(NCC(=O)NC(C)C(C)C)c(C)c1. The fraction of sp³-hybridized carbons (Fsp3) is 0.533. The molecule has 2 N–H and O–H groups in total. The summed E-state index contributed by atoms with van der Waals surface area (Å²) in [5.74, 6) is 0.492. The van der Waals surface area contributed by atoms with Gasteiger partial charge in [-0.1, -0.05) is 31.5 Å². The van der Waals surface area contributed by atoms with Crippen LogP contribution in [0.15, 0.2) is 18.2 Å². The highest BCUT2D eigenvalue weighted by molar-refractivity contribution is 5.81. The van der Waals surface area contributed by atoms with Gasteiger partial charge in [-0.2, -0.15) is 0 Å². The Morgan fingerprint density at radius 2 is 1.89 bits per heavy atom. The van der Waals surface area contributed by atoms with Crippen LogP contribution in [0.5, 0.6) is 0 Å². The highest BCUT2D eigenvalue weighted by atomic mass is 16.1. The Morgan fingerprint density at radius 3 is 2.44 bits per heavy atom. The predicted octanol–water partition coefficient (Wildman–Crippen LogP) is 2.88. The topological polar surface area (TPSA) is 41.1 Å². The fourth-order valence-electron chi connectivity index (χ4n) is 1.66. The Hall–Kier alpha value is -1.51. The third-order valence-corrected chi connectivity index (χ3v) is 3.21. The molecule has 1 unspecified atom stereocenters. The van der Waals surface area contributed by atoms with Crippen LogP contribution in [0.25, 0.3) is 0 Å². The molecule has 0 fully saturated rings. The Balaban J connectivity index is 2.47. The van der Waals surface area contributed by atoms with Crippen LogP contribution in [-0.4, -0.2) is 18.5 Å². The zero-order valence-electron chi connectivity index (χ0n) is 12.0. The zero-order chi connectivity index (χ0) is 13.7. The molecule has 1 atom stereocenters. The highest BCUT2D eigenvalue weighted by Gasteiger charge is 2.10. The van der Waals surface area contributed by atoms with Gasteiger partial charge in [0.2, 0.25) is 5.91 Å². The normalized spacial score (nSPS) is 12.3. The van der Waals surface area contributed by atoms with Crippen LogP contribution in [0.2, 0.25) is 0 Å². The van der Waals surface area contributed by atoms with Crippen LogP contribution in [-0.2, 0) is 4.79 Å². The van der Waals surface area contributed by atoms with Crippen molar-refractivity contribution in [2.45, 2.75) is 40.7 Å². The van der Waals surface area contributed by atoms with Gasteiger partial charge in [-0.3, -0.25) is 4.79 Å². The zero-order valence-corrected chi connectivity index (χ0v) is 12.0. The van der Waals surface area contributed by atoms with E-state index in [-0.39, 0.29) is 11.9 Å². The molecule has 0 radical (unpaired) electrons. The van der Waals surface area contributed by atoms with E-state index in [9.17, 15) is 4.79 Å². The van der Waals surface area contributed by atoms with Gasteiger partial charge < -0.3 is 10.6 Å². The molecule has 0 spiro atoms. The average Bonchev–Trinajstić information content (AvgIpc) is 2.27. The number of carbonyl (C=O) groups excluding carboxylic acids is 1. The first-order chi connectivity index (χ1) is 8.40. The quantitative estimate of drug-likeness (QED) is 0.841. The van der Waals surface area contributed by atoms with E-state index in [4.69, 9.17) is 0 Å². The molecule has 1 amide bonds. The molecule has 0 saturated carbocycles. The number of anilines is 1. The number of nitrogens with one attached hydrogen (secondary N) is 2. The van der Waals surface area contributed by atoms with E-state index in [0.29, 0.717) is 12.5 Å². The Morgan fingerprint density at radius 1 is 1.22 bits per heavy atom. The molecule has 0 aliphatic carbocycles. The number of aryl methyl sites for hydroxylation is 2. The lowest BCUT2D eigenvalue weighted by atomic mass is 10.1. The van der Waals surface area contributed by atoms with Crippen LogP contribution >= 0.6 is 0 Å². The van der Waals surface area contributed by atoms with Gasteiger partial charge in [0, 0.05) is 11.7 Å². The molecular weight excluding hydrogens is 224 g/mol. The van der Waals surface area contributed by atoms with E-state index < -0.39 is 0 Å². The summed E-state index contributed by atoms with van der Waals surface area (Å²) in [5, 5.41) is 6.15. The predicted molar refractivity (Wildman–Crippen MR) is 76.8 cm³/mol. The van der Waals surface area contributed by atoms with Gasteiger partial charge in [0.15, 0.2) is 0 Å². The van der Waals surface area contributed by atoms with Crippen LogP contribution < -0.4 is 10.6 Å². The van der Waals surface area contributed by atoms with Crippen molar-refractivity contribution in [1.29, 1.82) is 0 Å². The summed E-state index contributed by atoms with van der Waals surface area (Å²) in [7, 11) is 0. The molecule has 0 saturated heterocycles. The number of benzene rings is 1. The lowest BCUT2D eigenvalue weighted by molar-refractivity contribution is -0.120. The van der Waals surface area contributed by atoms with Crippen molar-refractivity contribution in [1.82, 2.24) is 5.32 Å². The summed E-state index contributed by atoms with van der Waals surface area (Å²) in [6, 6.07) is 6.38. The maximum atomic E-state index is 11.7. The Bertz CT molecular complexity index is 413. The van der Waals surface area contributed by atoms with E-state index in [0.717, 1.165) is 5.69 Å². The largest absolute Gasteiger partial charge is 0.376 e. The first-order valence-electron chi connectivity index (χ1n) is 6.50. The standard InChI is InChI=1S/C15H24N2O/c1-10(2)13(5)17-15(18)9-16-14-7-6-11(3)8-12(14)4/h6-8,10,13,16H,9H2,1-5H3,(H,17,18). The smallest absolute Gasteiger partial charge is 0.239 e. The molecular formula is C15H24N2O. The second-order valence-corrected chi connectivity index (χ2v) is 5.27. The van der Waals surface area contributed by atoms with Gasteiger partial charge in [0.25, 0.3) is 0 Å². The molecule has 0 aliphatic rings. The molecule has 0 aromatic heterocycles. The number of hydrogen-bond donors (Lipinski definition) is 2. The van der Waals surface area contributed by atoms with E-state index in [1.807, 2.05) is 26.0 Å². The summed E-state index contributed by atoms with van der Waals surface area (Å²) in [4.78, 5) is 11.7. The van der Waals surface area contributed by atoms with E-state index >= 15 is 0 Å². The lowest BCUT2D eigenvalue weighted by Gasteiger charge is -2.18. The number of carbonyl (C=O) groups is 1. The van der Waals surface area contributed by atoms with Gasteiger partial charge in [-0.05, 0) is 38.3 Å². The lowest BCUT2D eigenvalue weighted by Crippen LogP contribution is -2.39. The summed E-state index contributed by atoms with van der Waals surface area (Å²) >= 11 is 0. The molecule has 0 aliphatic heterocycles. The van der Waals surface area contributed by atoms with Crippen LogP contribution in [0, 0.1) is 19.8 Å². The van der Waals surface area contributed by atoms with Gasteiger partial charge >= 0.3 is 0 Å². The molecule has 3 heteroatoms. The Labute approximate surface area is 110 Å². The fourth-order valence-corrected chi connectivity index (χ4v) is 1.66. The number of hydrogen-bond acceptors (Lipinski definition) is 2. The van der Waals surface area contributed by atoms with Crippen LogP contribution in [0.1, 0.15) is 31.9 Å². The first-order valence-corrected chi connectivity index (χ1v) is 6.50. The minimum absolute atomic E-state index is 0.0381. The maximum absolute atomic E-state index is 11.7. The van der Waals surface area contributed by atoms with Crippen molar-refractivity contribution in [3.8, 4) is 0 Å². The van der Waals surface area contributed by atoms with E-state index in [2.05, 4.69) is 37.5 Å². The van der Waals surface area contributed by atoms with Crippen molar-refractivity contribution in [3.05, 3.63) is 29.3 Å². The van der Waals surface area contributed by atoms with Crippen molar-refractivity contribution < 1.29 is 4.79 Å². The summed E-state index contributed by atoms with van der Waals surface area (Å²) < 4.78 is 0. The summed E-state index contributed by atoms with van der Waals surface area (Å²) in [6.07, 6.45) is 0. The maximum Gasteiger partial charge on any atom is 0.239 e. The van der Waals surface area contributed by atoms with E-state index in [1.165, 1.54) is 11.1 Å². The Kier molecular flexibility index (Phi) is 5.20. The van der Waals surface area contributed by atoms with Gasteiger partial charge in [-0.25, -0.2) is 0 Å². The first kappa shape index (κ1) is 14.6. The third kappa shape index (κ3) is 4.40. The molecule has 1 rings (SSSR count). The second kappa shape index (κ2) is 6.43. The summed E-state index contributed by atoms with van der Waals surface area (Å²) in [5.41, 5.74) is 3.42. The minimum atomic E-state index is 0.0381. The summed E-state index contributed by atoms with van der Waals surface area (Å²) in [6.45, 7) is 10.7. The monoisotopic (exact) mass is 248 g/mol. The van der Waals surface area contributed by atoms with Crippen molar-refractivity contribution in [2.24, 2.45) is 5.92 Å². The number of rotatable bonds is 5. The van der Waals surface area contributed by atoms with Crippen molar-refractivity contribution in [2.75, 3.05) is 11.9 Å². The molecule has 1 aromatic carbocycles. The molecule has 100 valence electrons. The second-order valence-electron chi connectivity index (χ2n) is 5.27. The van der Waals surface area contributed by atoms with Gasteiger partial charge in [-0.15, -0.1) is 0 Å². The minimum Gasteiger partial charge on any atom is -0.376 e. The number of amides is 1. The molecule has 0 heterocycles. The molecule has 3 nitrogen and oxygen atoms in total.